The zero-order chi connectivity index (χ0) is 13.6. The summed E-state index contributed by atoms with van der Waals surface area (Å²) in [6, 6.07) is 4.72. The molecule has 0 radical (unpaired) electrons. The van der Waals surface area contributed by atoms with E-state index in [0.717, 1.165) is 23.4 Å². The van der Waals surface area contributed by atoms with Crippen LogP contribution in [0.15, 0.2) is 12.1 Å². The fourth-order valence-corrected chi connectivity index (χ4v) is 3.30. The van der Waals surface area contributed by atoms with Crippen molar-refractivity contribution in [2.45, 2.75) is 46.6 Å². The first-order valence-corrected chi connectivity index (χ1v) is 7.18. The largest absolute Gasteiger partial charge is 0.341 e. The van der Waals surface area contributed by atoms with E-state index in [1.807, 2.05) is 0 Å². The number of aromatic amines is 1. The van der Waals surface area contributed by atoms with Gasteiger partial charge in [0.05, 0.1) is 17.1 Å². The summed E-state index contributed by atoms with van der Waals surface area (Å²) in [6.45, 7) is 10.0. The van der Waals surface area contributed by atoms with Gasteiger partial charge in [0.15, 0.2) is 0 Å². The number of aromatic nitrogens is 2. The first-order chi connectivity index (χ1) is 8.97. The van der Waals surface area contributed by atoms with Gasteiger partial charge < -0.3 is 10.3 Å². The van der Waals surface area contributed by atoms with Gasteiger partial charge in [-0.2, -0.15) is 0 Å². The molecule has 2 heterocycles. The minimum Gasteiger partial charge on any atom is -0.341 e. The van der Waals surface area contributed by atoms with Crippen molar-refractivity contribution in [3.8, 4) is 0 Å². The van der Waals surface area contributed by atoms with E-state index >= 15 is 0 Å². The molecule has 19 heavy (non-hydrogen) atoms. The first kappa shape index (κ1) is 12.7. The molecule has 2 N–H and O–H groups in total. The number of fused-ring (bicyclic) bond motifs is 1. The van der Waals surface area contributed by atoms with Crippen LogP contribution in [0.3, 0.4) is 0 Å². The standard InChI is InChI=1S/C16H23N3/c1-10-8-11(2)13-12(9-10)18-15(19-13)14-16(3,4)6-5-7-17-14/h8-9,14,17H,5-7H2,1-4H3,(H,18,19). The van der Waals surface area contributed by atoms with Gasteiger partial charge in [0, 0.05) is 0 Å². The molecule has 1 fully saturated rings. The molecule has 1 aliphatic rings. The third-order valence-electron chi connectivity index (χ3n) is 4.34. The van der Waals surface area contributed by atoms with E-state index in [2.05, 4.69) is 50.1 Å². The maximum atomic E-state index is 4.85. The van der Waals surface area contributed by atoms with E-state index in [4.69, 9.17) is 4.98 Å². The molecule has 1 aliphatic heterocycles. The Labute approximate surface area is 114 Å². The van der Waals surface area contributed by atoms with Gasteiger partial charge in [-0.1, -0.05) is 19.9 Å². The van der Waals surface area contributed by atoms with Gasteiger partial charge in [-0.15, -0.1) is 0 Å². The molecule has 0 spiro atoms. The number of imidazole rings is 1. The molecule has 1 saturated heterocycles. The summed E-state index contributed by atoms with van der Waals surface area (Å²) < 4.78 is 0. The van der Waals surface area contributed by atoms with Crippen molar-refractivity contribution in [3.05, 3.63) is 29.1 Å². The highest BCUT2D eigenvalue weighted by atomic mass is 15.0. The van der Waals surface area contributed by atoms with Gasteiger partial charge in [0.1, 0.15) is 5.82 Å². The molecule has 102 valence electrons. The lowest BCUT2D eigenvalue weighted by atomic mass is 9.77. The summed E-state index contributed by atoms with van der Waals surface area (Å²) in [5, 5.41) is 3.63. The lowest BCUT2D eigenvalue weighted by Crippen LogP contribution is -2.40. The zero-order valence-electron chi connectivity index (χ0n) is 12.3. The molecule has 1 aromatic carbocycles. The Balaban J connectivity index is 2.08. The molecule has 3 heteroatoms. The summed E-state index contributed by atoms with van der Waals surface area (Å²) >= 11 is 0. The predicted molar refractivity (Wildman–Crippen MR) is 79.3 cm³/mol. The van der Waals surface area contributed by atoms with Gasteiger partial charge in [-0.05, 0) is 55.8 Å². The topological polar surface area (TPSA) is 40.7 Å². The molecule has 1 aromatic heterocycles. The smallest absolute Gasteiger partial charge is 0.125 e. The lowest BCUT2D eigenvalue weighted by molar-refractivity contribution is 0.175. The number of H-pyrrole nitrogens is 1. The molecule has 0 amide bonds. The van der Waals surface area contributed by atoms with Crippen LogP contribution in [0.4, 0.5) is 0 Å². The molecule has 2 aromatic rings. The highest BCUT2D eigenvalue weighted by Crippen LogP contribution is 2.39. The number of benzene rings is 1. The van der Waals surface area contributed by atoms with E-state index in [0.29, 0.717) is 6.04 Å². The molecule has 3 rings (SSSR count). The second kappa shape index (κ2) is 4.34. The van der Waals surface area contributed by atoms with E-state index in [-0.39, 0.29) is 5.41 Å². The van der Waals surface area contributed by atoms with Gasteiger partial charge in [-0.3, -0.25) is 0 Å². The van der Waals surface area contributed by atoms with Crippen LogP contribution in [0.5, 0.6) is 0 Å². The molecule has 0 saturated carbocycles. The van der Waals surface area contributed by atoms with Crippen molar-refractivity contribution in [1.29, 1.82) is 0 Å². The summed E-state index contributed by atoms with van der Waals surface area (Å²) in [4.78, 5) is 8.38. The van der Waals surface area contributed by atoms with Gasteiger partial charge in [0.2, 0.25) is 0 Å². The van der Waals surface area contributed by atoms with Crippen LogP contribution in [-0.4, -0.2) is 16.5 Å². The van der Waals surface area contributed by atoms with E-state index in [9.17, 15) is 0 Å². The van der Waals surface area contributed by atoms with Crippen molar-refractivity contribution in [3.63, 3.8) is 0 Å². The van der Waals surface area contributed by atoms with Crippen molar-refractivity contribution < 1.29 is 0 Å². The first-order valence-electron chi connectivity index (χ1n) is 7.18. The van der Waals surface area contributed by atoms with E-state index in [1.165, 1.54) is 24.0 Å². The molecule has 1 unspecified atom stereocenters. The summed E-state index contributed by atoms with van der Waals surface area (Å²) in [6.07, 6.45) is 2.50. The Morgan fingerprint density at radius 3 is 2.79 bits per heavy atom. The summed E-state index contributed by atoms with van der Waals surface area (Å²) in [5.41, 5.74) is 5.08. The van der Waals surface area contributed by atoms with Gasteiger partial charge in [-0.25, -0.2) is 4.98 Å². The van der Waals surface area contributed by atoms with Gasteiger partial charge >= 0.3 is 0 Å². The average molecular weight is 257 g/mol. The third kappa shape index (κ3) is 2.16. The maximum absolute atomic E-state index is 4.85. The molecule has 0 aliphatic carbocycles. The Hall–Kier alpha value is -1.35. The lowest BCUT2D eigenvalue weighted by Gasteiger charge is -2.38. The Kier molecular flexibility index (Phi) is 2.90. The maximum Gasteiger partial charge on any atom is 0.125 e. The average Bonchev–Trinajstić information content (AvgIpc) is 2.72. The van der Waals surface area contributed by atoms with Crippen LogP contribution < -0.4 is 5.32 Å². The number of hydrogen-bond acceptors (Lipinski definition) is 2. The van der Waals surface area contributed by atoms with Crippen molar-refractivity contribution in [1.82, 2.24) is 15.3 Å². The van der Waals surface area contributed by atoms with Gasteiger partial charge in [0.25, 0.3) is 0 Å². The highest BCUT2D eigenvalue weighted by Gasteiger charge is 2.35. The number of aryl methyl sites for hydroxylation is 2. The second-order valence-electron chi connectivity index (χ2n) is 6.58. The Bertz CT molecular complexity index is 610. The van der Waals surface area contributed by atoms with Crippen molar-refractivity contribution in [2.75, 3.05) is 6.54 Å². The number of rotatable bonds is 1. The minimum atomic E-state index is 0.259. The van der Waals surface area contributed by atoms with Crippen LogP contribution in [0.2, 0.25) is 0 Å². The fraction of sp³-hybridized carbons (Fsp3) is 0.562. The summed E-state index contributed by atoms with van der Waals surface area (Å²) in [7, 11) is 0. The van der Waals surface area contributed by atoms with Crippen LogP contribution in [0.1, 0.15) is 49.7 Å². The van der Waals surface area contributed by atoms with Crippen molar-refractivity contribution in [2.24, 2.45) is 5.41 Å². The van der Waals surface area contributed by atoms with Crippen LogP contribution in [0.25, 0.3) is 11.0 Å². The molecule has 3 nitrogen and oxygen atoms in total. The van der Waals surface area contributed by atoms with Crippen LogP contribution in [0, 0.1) is 19.3 Å². The molecule has 0 bridgehead atoms. The molecule has 1 atom stereocenters. The quantitative estimate of drug-likeness (QED) is 0.819. The minimum absolute atomic E-state index is 0.259. The van der Waals surface area contributed by atoms with Crippen LogP contribution in [-0.2, 0) is 0 Å². The second-order valence-corrected chi connectivity index (χ2v) is 6.58. The number of nitrogens with one attached hydrogen (secondary N) is 2. The SMILES string of the molecule is Cc1cc(C)c2nc(C3NCCCC3(C)C)[nH]c2c1. The van der Waals surface area contributed by atoms with E-state index in [1.54, 1.807) is 0 Å². The van der Waals surface area contributed by atoms with Crippen LogP contribution >= 0.6 is 0 Å². The predicted octanol–water partition coefficient (Wildman–Crippen LogP) is 3.63. The molecular weight excluding hydrogens is 234 g/mol. The Morgan fingerprint density at radius 1 is 1.26 bits per heavy atom. The number of nitrogens with zero attached hydrogens (tertiary/aromatic N) is 1. The fourth-order valence-electron chi connectivity index (χ4n) is 3.30. The normalized spacial score (nSPS) is 22.8. The third-order valence-corrected chi connectivity index (χ3v) is 4.34. The monoisotopic (exact) mass is 257 g/mol. The number of piperidine rings is 1. The highest BCUT2D eigenvalue weighted by molar-refractivity contribution is 5.79. The number of hydrogen-bond donors (Lipinski definition) is 2. The molecular formula is C16H23N3. The Morgan fingerprint density at radius 2 is 2.05 bits per heavy atom. The van der Waals surface area contributed by atoms with Crippen molar-refractivity contribution >= 4 is 11.0 Å². The summed E-state index contributed by atoms with van der Waals surface area (Å²) in [5.74, 6) is 1.09. The zero-order valence-corrected chi connectivity index (χ0v) is 12.3. The van der Waals surface area contributed by atoms with E-state index < -0.39 is 0 Å².